The fourth-order valence-electron chi connectivity index (χ4n) is 6.11. The van der Waals surface area contributed by atoms with Gasteiger partial charge in [-0.2, -0.15) is 0 Å². The predicted octanol–water partition coefficient (Wildman–Crippen LogP) is 10.1. The van der Waals surface area contributed by atoms with Gasteiger partial charge < -0.3 is 19.3 Å². The van der Waals surface area contributed by atoms with E-state index >= 15 is 0 Å². The second-order valence-corrected chi connectivity index (χ2v) is 14.9. The van der Waals surface area contributed by atoms with Crippen molar-refractivity contribution in [2.24, 2.45) is 0 Å². The van der Waals surface area contributed by atoms with Gasteiger partial charge in [-0.25, -0.2) is 13.6 Å². The molecular formula is C36H39ClF2N2O4S2. The highest BCUT2D eigenvalue weighted by Gasteiger charge is 2.35. The fourth-order valence-corrected chi connectivity index (χ4v) is 8.23. The van der Waals surface area contributed by atoms with Crippen molar-refractivity contribution in [1.29, 1.82) is 0 Å². The molecule has 1 saturated carbocycles. The number of benzene rings is 3. The van der Waals surface area contributed by atoms with Crippen LogP contribution in [-0.2, 0) is 11.3 Å². The van der Waals surface area contributed by atoms with Crippen molar-refractivity contribution in [3.8, 4) is 16.9 Å². The topological polar surface area (TPSA) is 59.1 Å². The number of hydrogen-bond donors (Lipinski definition) is 0. The van der Waals surface area contributed by atoms with Crippen LogP contribution in [0.3, 0.4) is 0 Å². The largest absolute Gasteiger partial charge is 0.496 e. The van der Waals surface area contributed by atoms with Crippen LogP contribution in [0, 0.1) is 11.6 Å². The van der Waals surface area contributed by atoms with Crippen LogP contribution in [-0.4, -0.2) is 59.9 Å². The van der Waals surface area contributed by atoms with Gasteiger partial charge in [0.05, 0.1) is 22.2 Å². The lowest BCUT2D eigenvalue weighted by molar-refractivity contribution is 0.0144. The zero-order valence-corrected chi connectivity index (χ0v) is 29.8. The highest BCUT2D eigenvalue weighted by Crippen LogP contribution is 2.41. The molecule has 2 amide bonds. The normalized spacial score (nSPS) is 16.6. The Morgan fingerprint density at radius 3 is 2.30 bits per heavy atom. The van der Waals surface area contributed by atoms with E-state index in [1.165, 1.54) is 0 Å². The van der Waals surface area contributed by atoms with E-state index in [1.54, 1.807) is 35.7 Å². The van der Waals surface area contributed by atoms with Crippen molar-refractivity contribution in [2.75, 3.05) is 20.4 Å². The minimum atomic E-state index is -0.680. The van der Waals surface area contributed by atoms with E-state index in [9.17, 15) is 18.4 Å². The lowest BCUT2D eigenvalue weighted by atomic mass is 9.89. The van der Waals surface area contributed by atoms with Gasteiger partial charge in [-0.15, -0.1) is 23.1 Å². The highest BCUT2D eigenvalue weighted by molar-refractivity contribution is 7.98. The van der Waals surface area contributed by atoms with Gasteiger partial charge in [0.1, 0.15) is 27.9 Å². The molecule has 4 aromatic rings. The number of methoxy groups -OCH3 is 1. The van der Waals surface area contributed by atoms with E-state index < -0.39 is 23.1 Å². The summed E-state index contributed by atoms with van der Waals surface area (Å²) in [7, 11) is 3.33. The number of thiophene rings is 1. The highest BCUT2D eigenvalue weighted by atomic mass is 35.5. The molecule has 0 atom stereocenters. The fraction of sp³-hybridized carbons (Fsp3) is 0.389. The Morgan fingerprint density at radius 1 is 1.00 bits per heavy atom. The molecular weight excluding hydrogens is 662 g/mol. The smallest absolute Gasteiger partial charge is 0.410 e. The number of thioether (sulfide) groups is 1. The zero-order chi connectivity index (χ0) is 34.0. The number of nitrogens with zero attached hydrogens (tertiary/aromatic N) is 2. The zero-order valence-electron chi connectivity index (χ0n) is 27.4. The molecule has 0 bridgehead atoms. The van der Waals surface area contributed by atoms with E-state index in [-0.39, 0.29) is 44.7 Å². The molecule has 250 valence electrons. The molecule has 1 aromatic heterocycles. The second-order valence-electron chi connectivity index (χ2n) is 12.7. The Hall–Kier alpha value is -3.34. The summed E-state index contributed by atoms with van der Waals surface area (Å²) in [5.74, 6) is -1.10. The molecule has 11 heteroatoms. The Labute approximate surface area is 288 Å². The Morgan fingerprint density at radius 2 is 1.66 bits per heavy atom. The molecule has 3 aromatic carbocycles. The summed E-state index contributed by atoms with van der Waals surface area (Å²) in [6.45, 7) is 5.68. The van der Waals surface area contributed by atoms with Crippen LogP contribution in [0.15, 0.2) is 59.5 Å². The average molecular weight is 701 g/mol. The number of rotatable bonds is 8. The molecule has 0 radical (unpaired) electrons. The van der Waals surface area contributed by atoms with Gasteiger partial charge >= 0.3 is 6.09 Å². The Bertz CT molecular complexity index is 1780. The van der Waals surface area contributed by atoms with Gasteiger partial charge in [0.25, 0.3) is 5.91 Å². The molecule has 0 N–H and O–H groups in total. The standard InChI is InChI=1S/C36H39ClF2N2O4S2/c1-36(2,3)45-35(43)40(4)23-12-14-24(15-13-23)41(34(42)33-31(37)30-26(38)16-17-27(39)32(30)47-33)20-22-19-21(11-18-28(22)44-5)25-9-7-8-10-29(25)46-6/h7-11,16-19,23-24H,12-15,20H2,1-6H3. The van der Waals surface area contributed by atoms with Crippen LogP contribution in [0.1, 0.15) is 61.7 Å². The van der Waals surface area contributed by atoms with Gasteiger partial charge in [0, 0.05) is 36.1 Å². The van der Waals surface area contributed by atoms with Crippen molar-refractivity contribution in [2.45, 2.75) is 75.6 Å². The number of hydrogen-bond acceptors (Lipinski definition) is 6. The molecule has 0 spiro atoms. The van der Waals surface area contributed by atoms with Crippen molar-refractivity contribution in [1.82, 2.24) is 9.80 Å². The van der Waals surface area contributed by atoms with E-state index in [4.69, 9.17) is 21.1 Å². The molecule has 5 rings (SSSR count). The number of ether oxygens (including phenoxy) is 2. The SMILES string of the molecule is COc1ccc(-c2ccccc2SC)cc1CN(C(=O)c1sc2c(F)ccc(F)c2c1Cl)C1CCC(N(C)C(=O)OC(C)(C)C)CC1. The number of fused-ring (bicyclic) bond motifs is 1. The second kappa shape index (κ2) is 14.4. The molecule has 47 heavy (non-hydrogen) atoms. The molecule has 1 fully saturated rings. The molecule has 1 heterocycles. The summed E-state index contributed by atoms with van der Waals surface area (Å²) in [6.07, 6.45) is 4.14. The number of carbonyl (C=O) groups excluding carboxylic acids is 2. The summed E-state index contributed by atoms with van der Waals surface area (Å²) < 4.78 is 41.0. The molecule has 6 nitrogen and oxygen atoms in total. The third-order valence-electron chi connectivity index (χ3n) is 8.51. The van der Waals surface area contributed by atoms with Crippen LogP contribution in [0.2, 0.25) is 5.02 Å². The van der Waals surface area contributed by atoms with Crippen LogP contribution < -0.4 is 4.74 Å². The Balaban J connectivity index is 1.51. The van der Waals surface area contributed by atoms with Crippen LogP contribution >= 0.6 is 34.7 Å². The van der Waals surface area contributed by atoms with E-state index in [2.05, 4.69) is 12.1 Å². The third-order valence-corrected chi connectivity index (χ3v) is 11.0. The maximum Gasteiger partial charge on any atom is 0.410 e. The van der Waals surface area contributed by atoms with Gasteiger partial charge in [-0.05, 0) is 94.2 Å². The minimum absolute atomic E-state index is 0.00856. The first-order valence-corrected chi connectivity index (χ1v) is 17.9. The molecule has 1 aliphatic carbocycles. The van der Waals surface area contributed by atoms with Crippen LogP contribution in [0.5, 0.6) is 5.75 Å². The van der Waals surface area contributed by atoms with E-state index in [0.29, 0.717) is 31.4 Å². The summed E-state index contributed by atoms with van der Waals surface area (Å²) >= 11 is 9.15. The van der Waals surface area contributed by atoms with Gasteiger partial charge in [0.2, 0.25) is 0 Å². The Kier molecular flexibility index (Phi) is 10.7. The lowest BCUT2D eigenvalue weighted by Crippen LogP contribution is -2.47. The maximum absolute atomic E-state index is 14.8. The average Bonchev–Trinajstić information content (AvgIpc) is 3.42. The van der Waals surface area contributed by atoms with E-state index in [0.717, 1.165) is 45.1 Å². The van der Waals surface area contributed by atoms with Crippen LogP contribution in [0.4, 0.5) is 13.6 Å². The van der Waals surface area contributed by atoms with Gasteiger partial charge in [-0.3, -0.25) is 4.79 Å². The van der Waals surface area contributed by atoms with Gasteiger partial charge in [0.15, 0.2) is 0 Å². The first-order chi connectivity index (χ1) is 22.3. The van der Waals surface area contributed by atoms with Crippen molar-refractivity contribution in [3.63, 3.8) is 0 Å². The third kappa shape index (κ3) is 7.55. The van der Waals surface area contributed by atoms with Crippen molar-refractivity contribution < 1.29 is 27.8 Å². The number of halogens is 3. The summed E-state index contributed by atoms with van der Waals surface area (Å²) in [6, 6.07) is 15.8. The number of amides is 2. The monoisotopic (exact) mass is 700 g/mol. The molecule has 1 aliphatic rings. The lowest BCUT2D eigenvalue weighted by Gasteiger charge is -2.40. The molecule has 0 aliphatic heterocycles. The minimum Gasteiger partial charge on any atom is -0.496 e. The van der Waals surface area contributed by atoms with Crippen LogP contribution in [0.25, 0.3) is 21.2 Å². The molecule has 0 saturated heterocycles. The first kappa shape index (κ1) is 35.0. The molecule has 0 unspecified atom stereocenters. The summed E-state index contributed by atoms with van der Waals surface area (Å²) in [4.78, 5) is 31.9. The van der Waals surface area contributed by atoms with E-state index in [1.807, 2.05) is 57.4 Å². The van der Waals surface area contributed by atoms with Gasteiger partial charge in [-0.1, -0.05) is 35.9 Å². The van der Waals surface area contributed by atoms with Crippen molar-refractivity contribution in [3.05, 3.63) is 81.7 Å². The summed E-state index contributed by atoms with van der Waals surface area (Å²) in [5, 5.41) is -0.180. The first-order valence-electron chi connectivity index (χ1n) is 15.5. The quantitative estimate of drug-likeness (QED) is 0.171. The maximum atomic E-state index is 14.8. The predicted molar refractivity (Wildman–Crippen MR) is 187 cm³/mol. The van der Waals surface area contributed by atoms with Crippen molar-refractivity contribution >= 4 is 56.8 Å². The summed E-state index contributed by atoms with van der Waals surface area (Å²) in [5.41, 5.74) is 2.21. The number of carbonyl (C=O) groups is 2.